The molecule has 2 fully saturated rings. The van der Waals surface area contributed by atoms with Crippen molar-refractivity contribution in [2.45, 2.75) is 37.8 Å². The molecule has 1 aromatic heterocycles. The Hall–Kier alpha value is -0.680. The van der Waals surface area contributed by atoms with Crippen molar-refractivity contribution in [2.75, 3.05) is 13.1 Å². The highest BCUT2D eigenvalue weighted by molar-refractivity contribution is 7.71. The van der Waals surface area contributed by atoms with Gasteiger partial charge >= 0.3 is 0 Å². The lowest BCUT2D eigenvalue weighted by atomic mass is 9.97. The summed E-state index contributed by atoms with van der Waals surface area (Å²) < 4.78 is 2.90. The van der Waals surface area contributed by atoms with E-state index in [1.54, 1.807) is 0 Å². The summed E-state index contributed by atoms with van der Waals surface area (Å²) in [6.45, 7) is 2.52. The maximum Gasteiger partial charge on any atom is 0.195 e. The second-order valence-electron chi connectivity index (χ2n) is 4.58. The summed E-state index contributed by atoms with van der Waals surface area (Å²) in [4.78, 5) is 2.63. The van der Waals surface area contributed by atoms with Gasteiger partial charge in [-0.2, -0.15) is 5.10 Å². The Morgan fingerprint density at radius 3 is 3.07 bits per heavy atom. The van der Waals surface area contributed by atoms with Gasteiger partial charge in [0.15, 0.2) is 4.77 Å². The van der Waals surface area contributed by atoms with Gasteiger partial charge in [-0.3, -0.25) is 5.10 Å². The van der Waals surface area contributed by atoms with Gasteiger partial charge in [-0.15, -0.1) is 0 Å². The summed E-state index contributed by atoms with van der Waals surface area (Å²) in [5.41, 5.74) is 0. The number of rotatable bonds is 1. The number of fused-ring (bicyclic) bond motifs is 1. The van der Waals surface area contributed by atoms with Crippen LogP contribution in [0.3, 0.4) is 0 Å². The fourth-order valence-electron chi connectivity index (χ4n) is 2.97. The number of H-pyrrole nitrogens is 1. The lowest BCUT2D eigenvalue weighted by Gasteiger charge is -2.35. The van der Waals surface area contributed by atoms with Gasteiger partial charge in [0, 0.05) is 18.6 Å². The molecule has 15 heavy (non-hydrogen) atoms. The summed E-state index contributed by atoms with van der Waals surface area (Å²) in [7, 11) is 0. The van der Waals surface area contributed by atoms with Crippen molar-refractivity contribution in [3.63, 3.8) is 0 Å². The average molecular weight is 224 g/mol. The zero-order valence-electron chi connectivity index (χ0n) is 8.72. The van der Waals surface area contributed by atoms with Gasteiger partial charge in [-0.25, -0.2) is 0 Å². The summed E-state index contributed by atoms with van der Waals surface area (Å²) in [5.74, 6) is 0. The minimum atomic E-state index is 0.565. The molecular weight excluding hydrogens is 208 g/mol. The highest BCUT2D eigenvalue weighted by Gasteiger charge is 2.32. The minimum absolute atomic E-state index is 0.565. The number of hydrogen-bond acceptors (Lipinski definition) is 3. The van der Waals surface area contributed by atoms with E-state index >= 15 is 0 Å². The van der Waals surface area contributed by atoms with E-state index in [1.807, 2.05) is 6.33 Å². The predicted molar refractivity (Wildman–Crippen MR) is 60.3 cm³/mol. The molecular formula is C10H16N4S. The Balaban J connectivity index is 1.79. The summed E-state index contributed by atoms with van der Waals surface area (Å²) in [6.07, 6.45) is 7.03. The summed E-state index contributed by atoms with van der Waals surface area (Å²) in [6, 6.07) is 1.36. The first-order chi connectivity index (χ1) is 7.34. The van der Waals surface area contributed by atoms with Crippen LogP contribution >= 0.6 is 12.2 Å². The van der Waals surface area contributed by atoms with Crippen molar-refractivity contribution in [1.82, 2.24) is 19.7 Å². The Morgan fingerprint density at radius 1 is 1.33 bits per heavy atom. The molecule has 1 N–H and O–H groups in total. The van der Waals surface area contributed by atoms with Crippen LogP contribution in [-0.4, -0.2) is 38.8 Å². The number of piperidine rings is 1. The van der Waals surface area contributed by atoms with Crippen molar-refractivity contribution in [3.05, 3.63) is 11.1 Å². The molecule has 0 aromatic carbocycles. The standard InChI is InChI=1S/C10H16N4S/c15-10-12-11-7-14(10)9-3-5-13-4-1-2-8(13)6-9/h7-9H,1-6H2,(H,12,15). The van der Waals surface area contributed by atoms with Crippen molar-refractivity contribution in [2.24, 2.45) is 0 Å². The van der Waals surface area contributed by atoms with Gasteiger partial charge < -0.3 is 9.47 Å². The third-order valence-electron chi connectivity index (χ3n) is 3.76. The molecule has 1 aromatic rings. The van der Waals surface area contributed by atoms with Crippen molar-refractivity contribution in [1.29, 1.82) is 0 Å². The van der Waals surface area contributed by atoms with E-state index in [0.29, 0.717) is 6.04 Å². The van der Waals surface area contributed by atoms with Gasteiger partial charge in [0.05, 0.1) is 0 Å². The van der Waals surface area contributed by atoms with Crippen LogP contribution in [0.15, 0.2) is 6.33 Å². The first-order valence-corrected chi connectivity index (χ1v) is 6.11. The summed E-state index contributed by atoms with van der Waals surface area (Å²) >= 11 is 5.22. The molecule has 0 spiro atoms. The predicted octanol–water partition coefficient (Wildman–Crippen LogP) is 1.74. The van der Waals surface area contributed by atoms with Crippen LogP contribution in [0.25, 0.3) is 0 Å². The number of hydrogen-bond donors (Lipinski definition) is 1. The molecule has 2 unspecified atom stereocenters. The monoisotopic (exact) mass is 224 g/mol. The molecule has 2 atom stereocenters. The average Bonchev–Trinajstić information content (AvgIpc) is 2.84. The fraction of sp³-hybridized carbons (Fsp3) is 0.800. The van der Waals surface area contributed by atoms with Crippen LogP contribution in [0.1, 0.15) is 31.7 Å². The highest BCUT2D eigenvalue weighted by Crippen LogP contribution is 2.32. The maximum absolute atomic E-state index is 5.22. The number of nitrogens with zero attached hydrogens (tertiary/aromatic N) is 3. The molecule has 82 valence electrons. The van der Waals surface area contributed by atoms with Gasteiger partial charge in [0.1, 0.15) is 6.33 Å². The summed E-state index contributed by atoms with van der Waals surface area (Å²) in [5, 5.41) is 6.84. The third kappa shape index (κ3) is 1.63. The van der Waals surface area contributed by atoms with Crippen molar-refractivity contribution in [3.8, 4) is 0 Å². The number of aromatic amines is 1. The molecule has 2 aliphatic heterocycles. The Labute approximate surface area is 94.3 Å². The van der Waals surface area contributed by atoms with Crippen LogP contribution < -0.4 is 0 Å². The molecule has 3 rings (SSSR count). The zero-order chi connectivity index (χ0) is 10.3. The smallest absolute Gasteiger partial charge is 0.195 e. The molecule has 0 aliphatic carbocycles. The van der Waals surface area contributed by atoms with Gasteiger partial charge in [0.2, 0.25) is 0 Å². The lowest BCUT2D eigenvalue weighted by molar-refractivity contribution is 0.154. The Morgan fingerprint density at radius 2 is 2.27 bits per heavy atom. The molecule has 2 aliphatic rings. The molecule has 0 saturated carbocycles. The molecule has 2 saturated heterocycles. The zero-order valence-corrected chi connectivity index (χ0v) is 9.54. The number of aromatic nitrogens is 3. The van der Waals surface area contributed by atoms with Crippen LogP contribution in [0.4, 0.5) is 0 Å². The van der Waals surface area contributed by atoms with E-state index in [0.717, 1.165) is 10.8 Å². The normalized spacial score (nSPS) is 31.7. The molecule has 4 nitrogen and oxygen atoms in total. The van der Waals surface area contributed by atoms with Crippen LogP contribution in [0, 0.1) is 4.77 Å². The van der Waals surface area contributed by atoms with Crippen LogP contribution in [0.5, 0.6) is 0 Å². The van der Waals surface area contributed by atoms with Gasteiger partial charge in [0.25, 0.3) is 0 Å². The molecule has 0 radical (unpaired) electrons. The fourth-order valence-corrected chi connectivity index (χ4v) is 3.22. The second kappa shape index (κ2) is 3.72. The molecule has 5 heteroatoms. The topological polar surface area (TPSA) is 36.9 Å². The number of nitrogens with one attached hydrogen (secondary N) is 1. The van der Waals surface area contributed by atoms with Crippen molar-refractivity contribution < 1.29 is 0 Å². The minimum Gasteiger partial charge on any atom is -0.304 e. The van der Waals surface area contributed by atoms with E-state index in [4.69, 9.17) is 12.2 Å². The van der Waals surface area contributed by atoms with Crippen molar-refractivity contribution >= 4 is 12.2 Å². The van der Waals surface area contributed by atoms with Crippen LogP contribution in [0.2, 0.25) is 0 Å². The second-order valence-corrected chi connectivity index (χ2v) is 4.97. The van der Waals surface area contributed by atoms with E-state index in [1.165, 1.54) is 38.8 Å². The molecule has 0 amide bonds. The first kappa shape index (κ1) is 9.54. The Bertz CT molecular complexity index is 396. The highest BCUT2D eigenvalue weighted by atomic mass is 32.1. The van der Waals surface area contributed by atoms with E-state index in [-0.39, 0.29) is 0 Å². The lowest BCUT2D eigenvalue weighted by Crippen LogP contribution is -2.38. The SMILES string of the molecule is S=c1[nH]ncn1C1CCN2CCCC2C1. The van der Waals surface area contributed by atoms with E-state index in [9.17, 15) is 0 Å². The first-order valence-electron chi connectivity index (χ1n) is 5.70. The Kier molecular flexibility index (Phi) is 2.36. The van der Waals surface area contributed by atoms with E-state index in [2.05, 4.69) is 19.7 Å². The quantitative estimate of drug-likeness (QED) is 0.738. The van der Waals surface area contributed by atoms with E-state index < -0.39 is 0 Å². The van der Waals surface area contributed by atoms with Crippen LogP contribution in [-0.2, 0) is 0 Å². The largest absolute Gasteiger partial charge is 0.304 e. The molecule has 3 heterocycles. The van der Waals surface area contributed by atoms with Gasteiger partial charge in [-0.05, 0) is 44.4 Å². The third-order valence-corrected chi connectivity index (χ3v) is 4.07. The molecule has 0 bridgehead atoms. The maximum atomic E-state index is 5.22. The van der Waals surface area contributed by atoms with Gasteiger partial charge in [-0.1, -0.05) is 0 Å².